The molecule has 25 heavy (non-hydrogen) atoms. The minimum absolute atomic E-state index is 0. The molecule has 0 saturated carbocycles. The molecule has 136 valence electrons. The molecular weight excluding hydrogens is 340 g/mol. The van der Waals surface area contributed by atoms with E-state index in [1.54, 1.807) is 12.3 Å². The summed E-state index contributed by atoms with van der Waals surface area (Å²) in [5.74, 6) is 0.735. The molecule has 1 unspecified atom stereocenters. The lowest BCUT2D eigenvalue weighted by molar-refractivity contribution is 0.0947. The molecule has 3 rings (SSSR count). The van der Waals surface area contributed by atoms with Gasteiger partial charge in [-0.25, -0.2) is 4.98 Å². The Hall–Kier alpha value is -2.12. The van der Waals surface area contributed by atoms with Crippen LogP contribution in [0.2, 0.25) is 0 Å². The van der Waals surface area contributed by atoms with E-state index in [0.29, 0.717) is 18.3 Å². The first-order chi connectivity index (χ1) is 11.8. The molecular formula is C17H25ClN6O. The molecule has 0 radical (unpaired) electrons. The zero-order chi connectivity index (χ0) is 16.6. The highest BCUT2D eigenvalue weighted by Gasteiger charge is 2.17. The van der Waals surface area contributed by atoms with Gasteiger partial charge in [-0.1, -0.05) is 6.07 Å². The van der Waals surface area contributed by atoms with Crippen molar-refractivity contribution >= 4 is 24.1 Å². The van der Waals surface area contributed by atoms with Crippen molar-refractivity contribution in [2.24, 2.45) is 0 Å². The topological polar surface area (TPSA) is 83.9 Å². The molecule has 1 aliphatic heterocycles. The summed E-state index contributed by atoms with van der Waals surface area (Å²) in [6.07, 6.45) is 6.73. The van der Waals surface area contributed by atoms with Gasteiger partial charge in [0.2, 0.25) is 0 Å². The monoisotopic (exact) mass is 364 g/mol. The zero-order valence-electron chi connectivity index (χ0n) is 14.1. The average Bonchev–Trinajstić information content (AvgIpc) is 3.13. The molecule has 1 saturated heterocycles. The van der Waals surface area contributed by atoms with E-state index in [4.69, 9.17) is 0 Å². The average molecular weight is 365 g/mol. The number of nitrogens with zero attached hydrogens (tertiary/aromatic N) is 3. The van der Waals surface area contributed by atoms with Crippen molar-refractivity contribution in [1.82, 2.24) is 25.4 Å². The SMILES string of the molecule is Cl.O=C(NCCCNc1ccccn1)c1ccn(C2CCCNC2)n1. The largest absolute Gasteiger partial charge is 0.370 e. The van der Waals surface area contributed by atoms with Crippen LogP contribution in [0.3, 0.4) is 0 Å². The summed E-state index contributed by atoms with van der Waals surface area (Å²) >= 11 is 0. The number of halogens is 1. The first kappa shape index (κ1) is 19.2. The Labute approximate surface area is 154 Å². The van der Waals surface area contributed by atoms with Gasteiger partial charge < -0.3 is 16.0 Å². The van der Waals surface area contributed by atoms with Gasteiger partial charge in [-0.15, -0.1) is 12.4 Å². The molecule has 2 aromatic rings. The Kier molecular flexibility index (Phi) is 7.69. The number of carbonyl (C=O) groups excluding carboxylic acids is 1. The molecule has 0 spiro atoms. The lowest BCUT2D eigenvalue weighted by Crippen LogP contribution is -2.32. The van der Waals surface area contributed by atoms with Crippen molar-refractivity contribution in [3.05, 3.63) is 42.4 Å². The lowest BCUT2D eigenvalue weighted by Gasteiger charge is -2.22. The minimum atomic E-state index is -0.115. The maximum Gasteiger partial charge on any atom is 0.271 e. The lowest BCUT2D eigenvalue weighted by atomic mass is 10.1. The van der Waals surface area contributed by atoms with Crippen molar-refractivity contribution in [2.75, 3.05) is 31.5 Å². The maximum atomic E-state index is 12.1. The van der Waals surface area contributed by atoms with Gasteiger partial charge in [-0.3, -0.25) is 9.48 Å². The van der Waals surface area contributed by atoms with Gasteiger partial charge >= 0.3 is 0 Å². The summed E-state index contributed by atoms with van der Waals surface area (Å²) in [5, 5.41) is 13.9. The van der Waals surface area contributed by atoms with E-state index in [-0.39, 0.29) is 18.3 Å². The Morgan fingerprint density at radius 1 is 1.32 bits per heavy atom. The van der Waals surface area contributed by atoms with Crippen LogP contribution in [0.25, 0.3) is 0 Å². The van der Waals surface area contributed by atoms with Gasteiger partial charge in [-0.2, -0.15) is 5.10 Å². The minimum Gasteiger partial charge on any atom is -0.370 e. The number of hydrogen-bond acceptors (Lipinski definition) is 5. The Balaban J connectivity index is 0.00000225. The van der Waals surface area contributed by atoms with E-state index in [1.165, 1.54) is 0 Å². The van der Waals surface area contributed by atoms with E-state index >= 15 is 0 Å². The highest BCUT2D eigenvalue weighted by Crippen LogP contribution is 2.15. The fraction of sp³-hybridized carbons (Fsp3) is 0.471. The predicted molar refractivity (Wildman–Crippen MR) is 100 cm³/mol. The number of amides is 1. The second-order valence-corrected chi connectivity index (χ2v) is 5.93. The Bertz CT molecular complexity index is 642. The smallest absolute Gasteiger partial charge is 0.271 e. The third-order valence-electron chi connectivity index (χ3n) is 4.10. The molecule has 0 bridgehead atoms. The second kappa shape index (κ2) is 10.0. The summed E-state index contributed by atoms with van der Waals surface area (Å²) in [6, 6.07) is 7.88. The summed E-state index contributed by atoms with van der Waals surface area (Å²) in [4.78, 5) is 16.3. The fourth-order valence-electron chi connectivity index (χ4n) is 2.79. The van der Waals surface area contributed by atoms with Gasteiger partial charge in [0.1, 0.15) is 11.5 Å². The van der Waals surface area contributed by atoms with Crippen LogP contribution in [-0.2, 0) is 0 Å². The number of anilines is 1. The molecule has 1 atom stereocenters. The fourth-order valence-corrected chi connectivity index (χ4v) is 2.79. The van der Waals surface area contributed by atoms with Crippen molar-refractivity contribution in [1.29, 1.82) is 0 Å². The Morgan fingerprint density at radius 2 is 2.24 bits per heavy atom. The standard InChI is InChI=1S/C17H24N6O.ClH/c24-17(21-11-4-10-20-16-6-1-2-9-19-16)15-7-12-23(22-15)14-5-3-8-18-13-14;/h1-2,6-7,9,12,14,18H,3-5,8,10-11,13H2,(H,19,20)(H,21,24);1H. The predicted octanol–water partition coefficient (Wildman–Crippen LogP) is 1.86. The normalized spacial score (nSPS) is 16.7. The molecule has 0 aliphatic carbocycles. The first-order valence-electron chi connectivity index (χ1n) is 8.52. The highest BCUT2D eigenvalue weighted by atomic mass is 35.5. The van der Waals surface area contributed by atoms with Gasteiger partial charge in [0.05, 0.1) is 6.04 Å². The molecule has 1 aliphatic rings. The van der Waals surface area contributed by atoms with Crippen LogP contribution < -0.4 is 16.0 Å². The van der Waals surface area contributed by atoms with E-state index in [9.17, 15) is 4.79 Å². The number of hydrogen-bond donors (Lipinski definition) is 3. The van der Waals surface area contributed by atoms with Crippen molar-refractivity contribution in [3.8, 4) is 0 Å². The van der Waals surface area contributed by atoms with Gasteiger partial charge in [0.25, 0.3) is 5.91 Å². The molecule has 8 heteroatoms. The zero-order valence-corrected chi connectivity index (χ0v) is 15.0. The van der Waals surface area contributed by atoms with E-state index in [1.807, 2.05) is 29.1 Å². The number of rotatable bonds is 7. The van der Waals surface area contributed by atoms with E-state index in [2.05, 4.69) is 26.0 Å². The van der Waals surface area contributed by atoms with E-state index < -0.39 is 0 Å². The molecule has 7 nitrogen and oxygen atoms in total. The maximum absolute atomic E-state index is 12.1. The van der Waals surface area contributed by atoms with E-state index in [0.717, 1.165) is 44.7 Å². The number of piperidine rings is 1. The van der Waals surface area contributed by atoms with Gasteiger partial charge in [0.15, 0.2) is 0 Å². The second-order valence-electron chi connectivity index (χ2n) is 5.93. The molecule has 1 amide bonds. The van der Waals surface area contributed by atoms with Crippen LogP contribution >= 0.6 is 12.4 Å². The summed E-state index contributed by atoms with van der Waals surface area (Å²) < 4.78 is 1.91. The summed E-state index contributed by atoms with van der Waals surface area (Å²) in [6.45, 7) is 3.36. The van der Waals surface area contributed by atoms with Gasteiger partial charge in [0, 0.05) is 32.0 Å². The molecule has 3 heterocycles. The van der Waals surface area contributed by atoms with Crippen LogP contribution in [0.4, 0.5) is 5.82 Å². The molecule has 0 aromatic carbocycles. The summed E-state index contributed by atoms with van der Waals surface area (Å²) in [5.41, 5.74) is 0.484. The van der Waals surface area contributed by atoms with Crippen molar-refractivity contribution in [2.45, 2.75) is 25.3 Å². The van der Waals surface area contributed by atoms with Crippen LogP contribution in [-0.4, -0.2) is 46.9 Å². The first-order valence-corrected chi connectivity index (χ1v) is 8.52. The number of pyridine rings is 1. The van der Waals surface area contributed by atoms with Crippen LogP contribution in [0, 0.1) is 0 Å². The van der Waals surface area contributed by atoms with Crippen LogP contribution in [0.15, 0.2) is 36.7 Å². The number of aromatic nitrogens is 3. The molecule has 3 N–H and O–H groups in total. The van der Waals surface area contributed by atoms with Gasteiger partial charge in [-0.05, 0) is 44.0 Å². The third kappa shape index (κ3) is 5.72. The molecule has 2 aromatic heterocycles. The van der Waals surface area contributed by atoms with Crippen molar-refractivity contribution in [3.63, 3.8) is 0 Å². The quantitative estimate of drug-likeness (QED) is 0.653. The van der Waals surface area contributed by atoms with Crippen LogP contribution in [0.5, 0.6) is 0 Å². The van der Waals surface area contributed by atoms with Crippen molar-refractivity contribution < 1.29 is 4.79 Å². The number of nitrogens with one attached hydrogen (secondary N) is 3. The molecule has 1 fully saturated rings. The number of carbonyl (C=O) groups is 1. The van der Waals surface area contributed by atoms with Crippen LogP contribution in [0.1, 0.15) is 35.8 Å². The highest BCUT2D eigenvalue weighted by molar-refractivity contribution is 5.92. The third-order valence-corrected chi connectivity index (χ3v) is 4.10. The Morgan fingerprint density at radius 3 is 3.00 bits per heavy atom. The summed E-state index contributed by atoms with van der Waals surface area (Å²) in [7, 11) is 0.